The molecule has 0 saturated carbocycles. The Morgan fingerprint density at radius 2 is 1.43 bits per heavy atom. The van der Waals surface area contributed by atoms with Crippen LogP contribution >= 0.6 is 11.3 Å². The van der Waals surface area contributed by atoms with Crippen LogP contribution in [0.15, 0.2) is 73.3 Å². The van der Waals surface area contributed by atoms with Gasteiger partial charge in [-0.15, -0.1) is 11.3 Å². The van der Waals surface area contributed by atoms with Crippen LogP contribution in [0.2, 0.25) is 0 Å². The van der Waals surface area contributed by atoms with Crippen molar-refractivity contribution in [2.75, 3.05) is 0 Å². The largest absolute Gasteiger partial charge is 0.429 e. The zero-order valence-corrected chi connectivity index (χ0v) is 18.9. The molecule has 35 heavy (non-hydrogen) atoms. The van der Waals surface area contributed by atoms with Gasteiger partial charge in [0.05, 0.1) is 27.5 Å². The number of pyridine rings is 4. The lowest BCUT2D eigenvalue weighted by Gasteiger charge is -2.08. The Morgan fingerprint density at radius 1 is 0.714 bits per heavy atom. The van der Waals surface area contributed by atoms with Crippen molar-refractivity contribution in [3.05, 3.63) is 83.8 Å². The molecule has 5 rings (SSSR count). The molecule has 0 fully saturated rings. The Labute approximate surface area is 203 Å². The van der Waals surface area contributed by atoms with Crippen molar-refractivity contribution in [2.45, 2.75) is 0 Å². The van der Waals surface area contributed by atoms with E-state index in [4.69, 9.17) is 9.47 Å². The predicted octanol–water partition coefficient (Wildman–Crippen LogP) is 5.06. The Hall–Kier alpha value is -4.76. The molecule has 0 saturated heterocycles. The number of rotatable bonds is 8. The third kappa shape index (κ3) is 5.10. The lowest BCUT2D eigenvalue weighted by Crippen LogP contribution is -1.97. The standard InChI is InChI=1S/C26H16N4O4S/c31-15-33-19-5-8-29-23(11-19)25-13-20(34-16-32)12-24(30-25)22-9-17(3-7-28-22)1-2-21-10-18-4-6-27-14-26(18)35-21/h1-16H/b2-1+. The number of nitrogens with zero attached hydrogens (tertiary/aromatic N) is 4. The van der Waals surface area contributed by atoms with E-state index >= 15 is 0 Å². The van der Waals surface area contributed by atoms with E-state index in [-0.39, 0.29) is 5.75 Å². The second-order valence-corrected chi connectivity index (χ2v) is 8.36. The Bertz CT molecular complexity index is 1530. The molecule has 170 valence electrons. The molecule has 0 aromatic carbocycles. The second-order valence-electron chi connectivity index (χ2n) is 7.25. The van der Waals surface area contributed by atoms with Gasteiger partial charge in [-0.1, -0.05) is 6.08 Å². The maximum atomic E-state index is 11.0. The second kappa shape index (κ2) is 10.0. The average molecular weight is 481 g/mol. The molecule has 5 aromatic rings. The fourth-order valence-electron chi connectivity index (χ4n) is 3.43. The average Bonchev–Trinajstić information content (AvgIpc) is 3.31. The van der Waals surface area contributed by atoms with Gasteiger partial charge in [0.15, 0.2) is 0 Å². The van der Waals surface area contributed by atoms with Crippen LogP contribution in [0.4, 0.5) is 0 Å². The normalized spacial score (nSPS) is 11.0. The van der Waals surface area contributed by atoms with E-state index in [0.717, 1.165) is 20.5 Å². The number of fused-ring (bicyclic) bond motifs is 1. The molecular formula is C26H16N4O4S. The third-order valence-electron chi connectivity index (χ3n) is 4.99. The highest BCUT2D eigenvalue weighted by Gasteiger charge is 2.11. The van der Waals surface area contributed by atoms with Crippen molar-refractivity contribution in [3.8, 4) is 34.3 Å². The molecule has 9 heteroatoms. The lowest BCUT2D eigenvalue weighted by atomic mass is 10.1. The summed E-state index contributed by atoms with van der Waals surface area (Å²) in [6, 6.07) is 14.2. The van der Waals surface area contributed by atoms with Crippen molar-refractivity contribution < 1.29 is 19.1 Å². The van der Waals surface area contributed by atoms with Crippen LogP contribution in [0, 0.1) is 0 Å². The van der Waals surface area contributed by atoms with Crippen LogP contribution in [0.5, 0.6) is 11.5 Å². The molecule has 0 bridgehead atoms. The van der Waals surface area contributed by atoms with E-state index < -0.39 is 0 Å². The summed E-state index contributed by atoms with van der Waals surface area (Å²) in [5.41, 5.74) is 2.88. The smallest absolute Gasteiger partial charge is 0.298 e. The topological polar surface area (TPSA) is 104 Å². The summed E-state index contributed by atoms with van der Waals surface area (Å²) < 4.78 is 11.1. The summed E-state index contributed by atoms with van der Waals surface area (Å²) in [4.78, 5) is 40.4. The van der Waals surface area contributed by atoms with Crippen molar-refractivity contribution in [1.82, 2.24) is 19.9 Å². The molecule has 0 amide bonds. The van der Waals surface area contributed by atoms with Crippen LogP contribution in [-0.2, 0) is 9.59 Å². The monoisotopic (exact) mass is 480 g/mol. The minimum atomic E-state index is 0.283. The van der Waals surface area contributed by atoms with Gasteiger partial charge in [-0.2, -0.15) is 0 Å². The summed E-state index contributed by atoms with van der Waals surface area (Å²) >= 11 is 1.66. The van der Waals surface area contributed by atoms with Gasteiger partial charge in [-0.3, -0.25) is 24.5 Å². The molecule has 0 radical (unpaired) electrons. The first-order valence-electron chi connectivity index (χ1n) is 10.4. The minimum Gasteiger partial charge on any atom is -0.429 e. The molecule has 8 nitrogen and oxygen atoms in total. The fraction of sp³-hybridized carbons (Fsp3) is 0. The van der Waals surface area contributed by atoms with Crippen LogP contribution in [-0.4, -0.2) is 32.9 Å². The van der Waals surface area contributed by atoms with Gasteiger partial charge in [-0.25, -0.2) is 4.98 Å². The molecule has 0 spiro atoms. The van der Waals surface area contributed by atoms with Gasteiger partial charge in [-0.05, 0) is 47.4 Å². The number of carbonyl (C=O) groups is 2. The van der Waals surface area contributed by atoms with Gasteiger partial charge >= 0.3 is 0 Å². The van der Waals surface area contributed by atoms with Crippen LogP contribution < -0.4 is 9.47 Å². The van der Waals surface area contributed by atoms with Crippen LogP contribution in [0.3, 0.4) is 0 Å². The first-order chi connectivity index (χ1) is 17.2. The van der Waals surface area contributed by atoms with E-state index in [9.17, 15) is 9.59 Å². The van der Waals surface area contributed by atoms with E-state index in [0.29, 0.717) is 41.5 Å². The molecule has 0 atom stereocenters. The predicted molar refractivity (Wildman–Crippen MR) is 133 cm³/mol. The van der Waals surface area contributed by atoms with Crippen molar-refractivity contribution >= 4 is 46.5 Å². The summed E-state index contributed by atoms with van der Waals surface area (Å²) in [5, 5.41) is 1.15. The van der Waals surface area contributed by atoms with Gasteiger partial charge in [0.1, 0.15) is 11.5 Å². The quantitative estimate of drug-likeness (QED) is 0.284. The van der Waals surface area contributed by atoms with E-state index in [2.05, 4.69) is 26.0 Å². The maximum Gasteiger partial charge on any atom is 0.298 e. The fourth-order valence-corrected chi connectivity index (χ4v) is 4.36. The molecule has 0 N–H and O–H groups in total. The molecule has 0 unspecified atom stereocenters. The van der Waals surface area contributed by atoms with Crippen molar-refractivity contribution in [1.29, 1.82) is 0 Å². The van der Waals surface area contributed by atoms with E-state index in [1.807, 2.05) is 36.5 Å². The van der Waals surface area contributed by atoms with Crippen LogP contribution in [0.25, 0.3) is 45.0 Å². The van der Waals surface area contributed by atoms with E-state index in [1.54, 1.807) is 48.0 Å². The zero-order valence-electron chi connectivity index (χ0n) is 18.1. The van der Waals surface area contributed by atoms with E-state index in [1.165, 1.54) is 6.20 Å². The zero-order chi connectivity index (χ0) is 24.0. The summed E-state index contributed by atoms with van der Waals surface area (Å²) in [7, 11) is 0. The highest BCUT2D eigenvalue weighted by molar-refractivity contribution is 7.19. The highest BCUT2D eigenvalue weighted by atomic mass is 32.1. The van der Waals surface area contributed by atoms with Gasteiger partial charge in [0.2, 0.25) is 0 Å². The maximum absolute atomic E-state index is 11.0. The summed E-state index contributed by atoms with van der Waals surface area (Å²) in [5.74, 6) is 0.600. The highest BCUT2D eigenvalue weighted by Crippen LogP contribution is 2.29. The van der Waals surface area contributed by atoms with Crippen molar-refractivity contribution in [3.63, 3.8) is 0 Å². The molecular weight excluding hydrogens is 464 g/mol. The Morgan fingerprint density at radius 3 is 2.20 bits per heavy atom. The van der Waals surface area contributed by atoms with Crippen LogP contribution in [0.1, 0.15) is 10.4 Å². The summed E-state index contributed by atoms with van der Waals surface area (Å²) in [6.45, 7) is 0.678. The first kappa shape index (κ1) is 22.1. The number of thiophene rings is 1. The number of hydrogen-bond donors (Lipinski definition) is 0. The number of ether oxygens (including phenoxy) is 2. The van der Waals surface area contributed by atoms with Gasteiger partial charge in [0, 0.05) is 47.9 Å². The Balaban J connectivity index is 1.49. The third-order valence-corrected chi connectivity index (χ3v) is 6.04. The number of hydrogen-bond acceptors (Lipinski definition) is 9. The molecule has 0 aliphatic carbocycles. The summed E-state index contributed by atoms with van der Waals surface area (Å²) in [6.07, 6.45) is 10.9. The number of carbonyl (C=O) groups excluding carboxylic acids is 2. The number of aromatic nitrogens is 4. The SMILES string of the molecule is O=COc1ccnc(-c2cc(OC=O)cc(-c3cc(/C=C/c4cc5ccncc5s4)ccn3)n2)c1. The molecule has 5 aromatic heterocycles. The first-order valence-corrected chi connectivity index (χ1v) is 11.2. The van der Waals surface area contributed by atoms with Gasteiger partial charge in [0.25, 0.3) is 12.9 Å². The molecule has 0 aliphatic rings. The Kier molecular flexibility index (Phi) is 6.31. The van der Waals surface area contributed by atoms with Crippen molar-refractivity contribution in [2.24, 2.45) is 0 Å². The van der Waals surface area contributed by atoms with Gasteiger partial charge < -0.3 is 9.47 Å². The lowest BCUT2D eigenvalue weighted by molar-refractivity contribution is -0.121. The minimum absolute atomic E-state index is 0.283. The molecule has 5 heterocycles. The molecule has 0 aliphatic heterocycles.